The number of carboxylic acids is 1. The van der Waals surface area contributed by atoms with E-state index in [4.69, 9.17) is 9.47 Å². The number of hydrogen-bond acceptors (Lipinski definition) is 7. The van der Waals surface area contributed by atoms with Gasteiger partial charge in [0.1, 0.15) is 24.7 Å². The topological polar surface area (TPSA) is 160 Å². The first-order valence-electron chi connectivity index (χ1n) is 14.9. The fraction of sp³-hybridized carbons (Fsp3) is 0.382. The number of rotatable bonds is 15. The third-order valence-electron chi connectivity index (χ3n) is 6.94. The van der Waals surface area contributed by atoms with Crippen LogP contribution in [0.5, 0.6) is 0 Å². The molecule has 4 N–H and O–H groups in total. The van der Waals surface area contributed by atoms with E-state index in [0.29, 0.717) is 0 Å². The zero-order valence-corrected chi connectivity index (χ0v) is 25.9. The number of carbonyl (C=O) groups is 5. The number of nitrogens with one attached hydrogen (secondary N) is 3. The molecule has 45 heavy (non-hydrogen) atoms. The quantitative estimate of drug-likeness (QED) is 0.186. The molecule has 3 aromatic carbocycles. The van der Waals surface area contributed by atoms with E-state index in [0.717, 1.165) is 21.9 Å². The lowest BCUT2D eigenvalue weighted by Crippen LogP contribution is -2.57. The van der Waals surface area contributed by atoms with E-state index in [-0.39, 0.29) is 25.6 Å². The maximum atomic E-state index is 13.7. The Morgan fingerprint density at radius 2 is 1.38 bits per heavy atom. The summed E-state index contributed by atoms with van der Waals surface area (Å²) in [6, 6.07) is 18.1. The molecule has 0 aliphatic carbocycles. The zero-order chi connectivity index (χ0) is 32.9. The molecule has 0 bridgehead atoms. The van der Waals surface area contributed by atoms with E-state index in [2.05, 4.69) is 16.0 Å². The van der Waals surface area contributed by atoms with E-state index < -0.39 is 60.3 Å². The number of benzene rings is 3. The molecule has 240 valence electrons. The van der Waals surface area contributed by atoms with Crippen LogP contribution in [0, 0.1) is 11.8 Å². The Kier molecular flexibility index (Phi) is 12.9. The minimum Gasteiger partial charge on any atom is -0.480 e. The van der Waals surface area contributed by atoms with Gasteiger partial charge in [-0.3, -0.25) is 14.4 Å². The van der Waals surface area contributed by atoms with Crippen molar-refractivity contribution in [2.45, 2.75) is 65.3 Å². The summed E-state index contributed by atoms with van der Waals surface area (Å²) in [4.78, 5) is 64.4. The second kappa shape index (κ2) is 16.8. The number of alkyl carbamates (subject to hydrolysis) is 1. The number of hydrogen-bond donors (Lipinski definition) is 4. The van der Waals surface area contributed by atoms with Crippen LogP contribution in [0.4, 0.5) is 4.79 Å². The average Bonchev–Trinajstić information content (AvgIpc) is 3.01. The van der Waals surface area contributed by atoms with E-state index in [1.807, 2.05) is 62.4 Å². The fourth-order valence-electron chi connectivity index (χ4n) is 4.54. The van der Waals surface area contributed by atoms with Crippen molar-refractivity contribution in [1.82, 2.24) is 16.0 Å². The monoisotopic (exact) mass is 619 g/mol. The lowest BCUT2D eigenvalue weighted by molar-refractivity contribution is -0.147. The number of esters is 1. The first-order chi connectivity index (χ1) is 21.4. The summed E-state index contributed by atoms with van der Waals surface area (Å²) < 4.78 is 10.5. The molecular weight excluding hydrogens is 578 g/mol. The molecule has 0 saturated heterocycles. The Morgan fingerprint density at radius 3 is 2.04 bits per heavy atom. The van der Waals surface area contributed by atoms with Crippen LogP contribution in [0.3, 0.4) is 0 Å². The van der Waals surface area contributed by atoms with Gasteiger partial charge in [-0.25, -0.2) is 9.59 Å². The molecule has 0 aliphatic rings. The van der Waals surface area contributed by atoms with Gasteiger partial charge in [-0.05, 0) is 33.7 Å². The molecule has 0 aromatic heterocycles. The SMILES string of the molecule is CC(C)COC(=O)CC(NC(=O)OCc1ccccc1)C(=O)NC(Cc1cccc2ccccc12)C(=O)NC(C(=O)O)C(C)C. The van der Waals surface area contributed by atoms with Crippen LogP contribution in [-0.4, -0.2) is 59.7 Å². The second-order valence-electron chi connectivity index (χ2n) is 11.5. The summed E-state index contributed by atoms with van der Waals surface area (Å²) in [5.41, 5.74) is 1.45. The minimum absolute atomic E-state index is 0.00628. The molecule has 3 rings (SSSR count). The van der Waals surface area contributed by atoms with Gasteiger partial charge in [-0.2, -0.15) is 0 Å². The third-order valence-corrected chi connectivity index (χ3v) is 6.94. The van der Waals surface area contributed by atoms with Gasteiger partial charge in [0.15, 0.2) is 0 Å². The van der Waals surface area contributed by atoms with Gasteiger partial charge in [0, 0.05) is 6.42 Å². The van der Waals surface area contributed by atoms with E-state index in [9.17, 15) is 29.1 Å². The highest BCUT2D eigenvalue weighted by molar-refractivity contribution is 5.95. The van der Waals surface area contributed by atoms with Crippen molar-refractivity contribution >= 4 is 40.6 Å². The first-order valence-corrected chi connectivity index (χ1v) is 14.9. The number of carboxylic acid groups (broad SMARTS) is 1. The minimum atomic E-state index is -1.45. The molecule has 3 atom stereocenters. The van der Waals surface area contributed by atoms with Gasteiger partial charge < -0.3 is 30.5 Å². The van der Waals surface area contributed by atoms with Crippen molar-refractivity contribution in [2.24, 2.45) is 11.8 Å². The Hall–Kier alpha value is -4.93. The first kappa shape index (κ1) is 34.6. The van der Waals surface area contributed by atoms with Crippen LogP contribution < -0.4 is 16.0 Å². The molecule has 0 heterocycles. The standard InChI is InChI=1S/C34H41N3O8/c1-21(2)19-44-29(38)18-28(36-34(43)45-20-23-11-6-5-7-12-23)31(39)35-27(32(40)37-30(22(3)4)33(41)42)17-25-15-10-14-24-13-8-9-16-26(24)25/h5-16,21-22,27-28,30H,17-20H2,1-4H3,(H,35,39)(H,36,43)(H,37,40)(H,41,42). The van der Waals surface area contributed by atoms with Gasteiger partial charge >= 0.3 is 18.0 Å². The smallest absolute Gasteiger partial charge is 0.408 e. The largest absolute Gasteiger partial charge is 0.480 e. The van der Waals surface area contributed by atoms with Crippen molar-refractivity contribution in [3.8, 4) is 0 Å². The summed E-state index contributed by atoms with van der Waals surface area (Å²) in [7, 11) is 0. The number of fused-ring (bicyclic) bond motifs is 1. The van der Waals surface area contributed by atoms with E-state index in [1.54, 1.807) is 38.1 Å². The highest BCUT2D eigenvalue weighted by Gasteiger charge is 2.32. The molecule has 0 radical (unpaired) electrons. The summed E-state index contributed by atoms with van der Waals surface area (Å²) in [5.74, 6) is -3.92. The molecule has 3 aromatic rings. The predicted molar refractivity (Wildman–Crippen MR) is 168 cm³/mol. The summed E-state index contributed by atoms with van der Waals surface area (Å²) >= 11 is 0. The molecule has 0 spiro atoms. The predicted octanol–water partition coefficient (Wildman–Crippen LogP) is 3.98. The highest BCUT2D eigenvalue weighted by Crippen LogP contribution is 2.20. The van der Waals surface area contributed by atoms with Crippen LogP contribution in [-0.2, 0) is 41.7 Å². The molecule has 3 unspecified atom stereocenters. The van der Waals surface area contributed by atoms with E-state index >= 15 is 0 Å². The number of ether oxygens (including phenoxy) is 2. The summed E-state index contributed by atoms with van der Waals surface area (Å²) in [6.45, 7) is 7.06. The zero-order valence-electron chi connectivity index (χ0n) is 25.9. The van der Waals surface area contributed by atoms with Gasteiger partial charge in [0.2, 0.25) is 11.8 Å². The Morgan fingerprint density at radius 1 is 0.733 bits per heavy atom. The summed E-state index contributed by atoms with van der Waals surface area (Å²) in [6.07, 6.45) is -1.46. The van der Waals surface area contributed by atoms with Crippen molar-refractivity contribution in [1.29, 1.82) is 0 Å². The normalized spacial score (nSPS) is 13.0. The number of carbonyl (C=O) groups excluding carboxylic acids is 4. The molecule has 3 amide bonds. The number of aliphatic carboxylic acids is 1. The van der Waals surface area contributed by atoms with Crippen molar-refractivity contribution in [3.63, 3.8) is 0 Å². The third kappa shape index (κ3) is 10.9. The molecule has 0 aliphatic heterocycles. The van der Waals surface area contributed by atoms with Crippen molar-refractivity contribution in [2.75, 3.05) is 6.61 Å². The van der Waals surface area contributed by atoms with Crippen LogP contribution in [0.15, 0.2) is 72.8 Å². The van der Waals surface area contributed by atoms with Crippen LogP contribution >= 0.6 is 0 Å². The highest BCUT2D eigenvalue weighted by atomic mass is 16.5. The van der Waals surface area contributed by atoms with Crippen molar-refractivity contribution in [3.05, 3.63) is 83.9 Å². The Labute approximate surface area is 262 Å². The molecular formula is C34H41N3O8. The van der Waals surface area contributed by atoms with Gasteiger partial charge in [-0.1, -0.05) is 100 Å². The van der Waals surface area contributed by atoms with Crippen LogP contribution in [0.1, 0.15) is 45.2 Å². The fourth-order valence-corrected chi connectivity index (χ4v) is 4.54. The van der Waals surface area contributed by atoms with Crippen LogP contribution in [0.25, 0.3) is 10.8 Å². The van der Waals surface area contributed by atoms with Gasteiger partial charge in [-0.15, -0.1) is 0 Å². The van der Waals surface area contributed by atoms with Gasteiger partial charge in [0.25, 0.3) is 0 Å². The van der Waals surface area contributed by atoms with E-state index in [1.165, 1.54) is 0 Å². The van der Waals surface area contributed by atoms with Crippen molar-refractivity contribution < 1.29 is 38.6 Å². The lowest BCUT2D eigenvalue weighted by atomic mass is 9.97. The molecule has 11 nitrogen and oxygen atoms in total. The average molecular weight is 620 g/mol. The van der Waals surface area contributed by atoms with Gasteiger partial charge in [0.05, 0.1) is 13.0 Å². The Balaban J connectivity index is 1.86. The maximum Gasteiger partial charge on any atom is 0.408 e. The lowest BCUT2D eigenvalue weighted by Gasteiger charge is -2.25. The Bertz CT molecular complexity index is 1470. The summed E-state index contributed by atoms with van der Waals surface area (Å²) in [5, 5.41) is 19.0. The van der Waals surface area contributed by atoms with Crippen LogP contribution in [0.2, 0.25) is 0 Å². The molecule has 0 saturated carbocycles. The molecule has 11 heteroatoms. The maximum absolute atomic E-state index is 13.7. The second-order valence-corrected chi connectivity index (χ2v) is 11.5. The molecule has 0 fully saturated rings. The number of amides is 3.